The van der Waals surface area contributed by atoms with Gasteiger partial charge in [0.05, 0.1) is 0 Å². The van der Waals surface area contributed by atoms with Gasteiger partial charge in [-0.3, -0.25) is 4.90 Å². The molecule has 0 saturated carbocycles. The second-order valence-corrected chi connectivity index (χ2v) is 7.43. The van der Waals surface area contributed by atoms with Gasteiger partial charge in [-0.1, -0.05) is 13.8 Å². The molecule has 100 valence electrons. The SMILES string of the molecule is CC1CN(C2(CN)CCSC2C)CC1N(C)C. The normalized spacial score (nSPS) is 43.8. The van der Waals surface area contributed by atoms with Crippen molar-refractivity contribution in [2.75, 3.05) is 39.5 Å². The van der Waals surface area contributed by atoms with Crippen LogP contribution in [-0.2, 0) is 0 Å². The van der Waals surface area contributed by atoms with Crippen LogP contribution < -0.4 is 5.73 Å². The van der Waals surface area contributed by atoms with Crippen LogP contribution in [-0.4, -0.2) is 66.1 Å². The van der Waals surface area contributed by atoms with E-state index >= 15 is 0 Å². The molecule has 3 nitrogen and oxygen atoms in total. The van der Waals surface area contributed by atoms with Crippen molar-refractivity contribution in [2.45, 2.75) is 37.1 Å². The molecular formula is C13H27N3S. The lowest BCUT2D eigenvalue weighted by Gasteiger charge is -2.41. The fraction of sp³-hybridized carbons (Fsp3) is 1.00. The second kappa shape index (κ2) is 5.08. The van der Waals surface area contributed by atoms with E-state index in [9.17, 15) is 0 Å². The molecule has 2 rings (SSSR count). The van der Waals surface area contributed by atoms with Crippen molar-refractivity contribution in [1.82, 2.24) is 9.80 Å². The van der Waals surface area contributed by atoms with Crippen molar-refractivity contribution < 1.29 is 0 Å². The molecule has 2 aliphatic heterocycles. The van der Waals surface area contributed by atoms with Crippen molar-refractivity contribution in [3.05, 3.63) is 0 Å². The third-order valence-corrected chi connectivity index (χ3v) is 6.26. The minimum atomic E-state index is 0.268. The van der Waals surface area contributed by atoms with Crippen molar-refractivity contribution in [3.8, 4) is 0 Å². The van der Waals surface area contributed by atoms with Gasteiger partial charge in [0.1, 0.15) is 0 Å². The smallest absolute Gasteiger partial charge is 0.0455 e. The molecule has 2 saturated heterocycles. The molecule has 2 N–H and O–H groups in total. The third kappa shape index (κ3) is 2.25. The molecule has 17 heavy (non-hydrogen) atoms. The van der Waals surface area contributed by atoms with E-state index in [-0.39, 0.29) is 5.54 Å². The number of likely N-dealkylation sites (N-methyl/N-ethyl adjacent to an activating group) is 1. The lowest BCUT2D eigenvalue weighted by Crippen LogP contribution is -2.57. The molecule has 4 heteroatoms. The Labute approximate surface area is 110 Å². The first-order valence-corrected chi connectivity index (χ1v) is 7.79. The predicted molar refractivity (Wildman–Crippen MR) is 76.5 cm³/mol. The average Bonchev–Trinajstić information content (AvgIpc) is 2.82. The highest BCUT2D eigenvalue weighted by molar-refractivity contribution is 8.00. The molecule has 0 spiro atoms. The van der Waals surface area contributed by atoms with Crippen molar-refractivity contribution in [3.63, 3.8) is 0 Å². The summed E-state index contributed by atoms with van der Waals surface area (Å²) in [5, 5.41) is 0.681. The number of nitrogens with two attached hydrogens (primary N) is 1. The quantitative estimate of drug-likeness (QED) is 0.820. The minimum Gasteiger partial charge on any atom is -0.329 e. The second-order valence-electron chi connectivity index (χ2n) is 5.98. The molecular weight excluding hydrogens is 230 g/mol. The van der Waals surface area contributed by atoms with Gasteiger partial charge >= 0.3 is 0 Å². The summed E-state index contributed by atoms with van der Waals surface area (Å²) in [6, 6.07) is 0.691. The van der Waals surface area contributed by atoms with Crippen LogP contribution in [0.1, 0.15) is 20.3 Å². The van der Waals surface area contributed by atoms with Gasteiger partial charge in [0, 0.05) is 36.5 Å². The number of likely N-dealkylation sites (tertiary alicyclic amines) is 1. The summed E-state index contributed by atoms with van der Waals surface area (Å²) in [4.78, 5) is 5.06. The Bertz CT molecular complexity index is 271. The van der Waals surface area contributed by atoms with E-state index in [0.717, 1.165) is 12.5 Å². The molecule has 0 bridgehead atoms. The molecule has 0 aromatic rings. The Kier molecular flexibility index (Phi) is 4.08. The number of nitrogens with zero attached hydrogens (tertiary/aromatic N) is 2. The Morgan fingerprint density at radius 1 is 1.35 bits per heavy atom. The molecule has 2 aliphatic rings. The van der Waals surface area contributed by atoms with Crippen LogP contribution in [0.5, 0.6) is 0 Å². The van der Waals surface area contributed by atoms with Gasteiger partial charge in [0.25, 0.3) is 0 Å². The zero-order valence-corrected chi connectivity index (χ0v) is 12.5. The topological polar surface area (TPSA) is 32.5 Å². The van der Waals surface area contributed by atoms with Crippen LogP contribution >= 0.6 is 11.8 Å². The van der Waals surface area contributed by atoms with E-state index in [1.54, 1.807) is 0 Å². The molecule has 2 heterocycles. The van der Waals surface area contributed by atoms with Crippen molar-refractivity contribution in [2.24, 2.45) is 11.7 Å². The highest BCUT2D eigenvalue weighted by atomic mass is 32.2. The Balaban J connectivity index is 2.13. The van der Waals surface area contributed by atoms with Crippen LogP contribution in [0.3, 0.4) is 0 Å². The molecule has 4 unspecified atom stereocenters. The lowest BCUT2D eigenvalue weighted by molar-refractivity contribution is 0.117. The molecule has 0 amide bonds. The van der Waals surface area contributed by atoms with Gasteiger partial charge in [-0.15, -0.1) is 0 Å². The zero-order valence-electron chi connectivity index (χ0n) is 11.6. The maximum Gasteiger partial charge on any atom is 0.0455 e. The van der Waals surface area contributed by atoms with Crippen LogP contribution in [0.15, 0.2) is 0 Å². The van der Waals surface area contributed by atoms with Gasteiger partial charge < -0.3 is 10.6 Å². The standard InChI is InChI=1S/C13H27N3S/c1-10-7-16(8-12(10)15(3)4)13(9-14)5-6-17-11(13)2/h10-12H,5-9,14H2,1-4H3. The molecule has 2 fully saturated rings. The van der Waals surface area contributed by atoms with E-state index in [1.807, 2.05) is 0 Å². The fourth-order valence-electron chi connectivity index (χ4n) is 3.57. The van der Waals surface area contributed by atoms with Crippen LogP contribution in [0.2, 0.25) is 0 Å². The van der Waals surface area contributed by atoms with Crippen molar-refractivity contribution in [1.29, 1.82) is 0 Å². The fourth-order valence-corrected chi connectivity index (χ4v) is 5.07. The summed E-state index contributed by atoms with van der Waals surface area (Å²) in [5.74, 6) is 2.03. The summed E-state index contributed by atoms with van der Waals surface area (Å²) in [7, 11) is 4.40. The highest BCUT2D eigenvalue weighted by Gasteiger charge is 2.48. The summed E-state index contributed by atoms with van der Waals surface area (Å²) in [5.41, 5.74) is 6.40. The average molecular weight is 257 g/mol. The third-order valence-electron chi connectivity index (χ3n) is 4.88. The van der Waals surface area contributed by atoms with E-state index in [4.69, 9.17) is 5.73 Å². The monoisotopic (exact) mass is 257 g/mol. The van der Waals surface area contributed by atoms with Crippen LogP contribution in [0.4, 0.5) is 0 Å². The summed E-state index contributed by atoms with van der Waals surface area (Å²) < 4.78 is 0. The highest BCUT2D eigenvalue weighted by Crippen LogP contribution is 2.42. The van der Waals surface area contributed by atoms with Gasteiger partial charge in [-0.2, -0.15) is 11.8 Å². The minimum absolute atomic E-state index is 0.268. The lowest BCUT2D eigenvalue weighted by atomic mass is 9.91. The Morgan fingerprint density at radius 2 is 2.06 bits per heavy atom. The Morgan fingerprint density at radius 3 is 2.47 bits per heavy atom. The first-order chi connectivity index (χ1) is 8.01. The number of thioether (sulfide) groups is 1. The largest absolute Gasteiger partial charge is 0.329 e. The van der Waals surface area contributed by atoms with E-state index in [1.165, 1.54) is 25.3 Å². The summed E-state index contributed by atoms with van der Waals surface area (Å²) >= 11 is 2.09. The first-order valence-electron chi connectivity index (χ1n) is 6.74. The van der Waals surface area contributed by atoms with E-state index in [0.29, 0.717) is 11.3 Å². The number of hydrogen-bond acceptors (Lipinski definition) is 4. The van der Waals surface area contributed by atoms with Gasteiger partial charge in [-0.25, -0.2) is 0 Å². The number of hydrogen-bond donors (Lipinski definition) is 1. The zero-order chi connectivity index (χ0) is 12.6. The van der Waals surface area contributed by atoms with Gasteiger partial charge in [0.15, 0.2) is 0 Å². The predicted octanol–water partition coefficient (Wildman–Crippen LogP) is 1.09. The van der Waals surface area contributed by atoms with Crippen molar-refractivity contribution >= 4 is 11.8 Å². The van der Waals surface area contributed by atoms with Gasteiger partial charge in [0.2, 0.25) is 0 Å². The molecule has 0 aromatic heterocycles. The maximum atomic E-state index is 6.14. The van der Waals surface area contributed by atoms with Gasteiger partial charge in [-0.05, 0) is 32.2 Å². The molecule has 0 aliphatic carbocycles. The molecule has 4 atom stereocenters. The van der Waals surface area contributed by atoms with E-state index < -0.39 is 0 Å². The van der Waals surface area contributed by atoms with E-state index in [2.05, 4.69) is 49.5 Å². The summed E-state index contributed by atoms with van der Waals surface area (Å²) in [6.07, 6.45) is 1.27. The van der Waals surface area contributed by atoms with Crippen LogP contribution in [0, 0.1) is 5.92 Å². The molecule has 0 aromatic carbocycles. The maximum absolute atomic E-state index is 6.14. The molecule has 0 radical (unpaired) electrons. The Hall–Kier alpha value is 0.230. The summed E-state index contributed by atoms with van der Waals surface area (Å²) in [6.45, 7) is 7.95. The first kappa shape index (κ1) is 13.7. The van der Waals surface area contributed by atoms with Crippen LogP contribution in [0.25, 0.3) is 0 Å². The number of rotatable bonds is 3.